The topological polar surface area (TPSA) is 29.5 Å². The maximum absolute atomic E-state index is 10.2. The number of thioether (sulfide) groups is 1. The van der Waals surface area contributed by atoms with Gasteiger partial charge in [-0.2, -0.15) is 11.8 Å². The Morgan fingerprint density at radius 2 is 2.00 bits per heavy atom. The zero-order valence-electron chi connectivity index (χ0n) is 9.19. The number of aliphatic hydroxyl groups is 1. The minimum absolute atomic E-state index is 0.0982. The van der Waals surface area contributed by atoms with E-state index in [-0.39, 0.29) is 11.7 Å². The highest BCUT2D eigenvalue weighted by Crippen LogP contribution is 2.45. The Morgan fingerprint density at radius 1 is 1.25 bits per heavy atom. The van der Waals surface area contributed by atoms with E-state index in [0.717, 1.165) is 42.1 Å². The summed E-state index contributed by atoms with van der Waals surface area (Å²) in [4.78, 5) is 0. The van der Waals surface area contributed by atoms with Gasteiger partial charge >= 0.3 is 0 Å². The number of fused-ring (bicyclic) bond motifs is 1. The number of benzene rings is 1. The third kappa shape index (κ3) is 1.72. The van der Waals surface area contributed by atoms with E-state index >= 15 is 0 Å². The zero-order chi connectivity index (χ0) is 11.0. The van der Waals surface area contributed by atoms with Gasteiger partial charge in [0, 0.05) is 12.0 Å². The van der Waals surface area contributed by atoms with Crippen LogP contribution in [-0.2, 0) is 0 Å². The molecular weight excluding hydrogens is 220 g/mol. The largest absolute Gasteiger partial charge is 0.487 e. The van der Waals surface area contributed by atoms with Crippen LogP contribution in [0.15, 0.2) is 24.3 Å². The van der Waals surface area contributed by atoms with E-state index in [1.165, 1.54) is 0 Å². The molecular formula is C13H16O2S. The predicted molar refractivity (Wildman–Crippen MR) is 65.9 cm³/mol. The fourth-order valence-electron chi connectivity index (χ4n) is 2.64. The zero-order valence-corrected chi connectivity index (χ0v) is 10.0. The highest BCUT2D eigenvalue weighted by atomic mass is 32.2. The number of hydrogen-bond donors (Lipinski definition) is 1. The van der Waals surface area contributed by atoms with Gasteiger partial charge in [-0.1, -0.05) is 18.2 Å². The number of para-hydroxylation sites is 1. The van der Waals surface area contributed by atoms with Gasteiger partial charge in [0.15, 0.2) is 0 Å². The second-order valence-corrected chi connectivity index (χ2v) is 5.88. The molecule has 1 spiro atoms. The Labute approximate surface area is 100 Å². The first kappa shape index (κ1) is 10.5. The molecule has 0 aliphatic carbocycles. The molecule has 0 radical (unpaired) electrons. The van der Waals surface area contributed by atoms with Crippen molar-refractivity contribution in [2.45, 2.75) is 31.0 Å². The van der Waals surface area contributed by atoms with Crippen molar-refractivity contribution in [2.75, 3.05) is 11.5 Å². The van der Waals surface area contributed by atoms with Crippen molar-refractivity contribution in [3.05, 3.63) is 29.8 Å². The molecule has 2 nitrogen and oxygen atoms in total. The van der Waals surface area contributed by atoms with Gasteiger partial charge in [0.1, 0.15) is 11.4 Å². The van der Waals surface area contributed by atoms with Crippen molar-refractivity contribution < 1.29 is 9.84 Å². The van der Waals surface area contributed by atoms with Gasteiger partial charge in [-0.15, -0.1) is 0 Å². The van der Waals surface area contributed by atoms with Crippen LogP contribution < -0.4 is 4.74 Å². The van der Waals surface area contributed by atoms with Gasteiger partial charge in [0.2, 0.25) is 0 Å². The summed E-state index contributed by atoms with van der Waals surface area (Å²) in [7, 11) is 0. The SMILES string of the molecule is O[C@@H]1CC2(CCSCC2)Oc2ccccc21. The summed E-state index contributed by atoms with van der Waals surface area (Å²) in [6.07, 6.45) is 2.52. The summed E-state index contributed by atoms with van der Waals surface area (Å²) >= 11 is 1.98. The van der Waals surface area contributed by atoms with Crippen molar-refractivity contribution in [3.8, 4) is 5.75 Å². The average Bonchev–Trinajstić information content (AvgIpc) is 2.30. The standard InChI is InChI=1S/C13H16O2S/c14-11-9-13(5-7-16-8-6-13)15-12-4-2-1-3-10(11)12/h1-4,11,14H,5-9H2/t11-/m1/s1. The fraction of sp³-hybridized carbons (Fsp3) is 0.538. The molecule has 3 rings (SSSR count). The lowest BCUT2D eigenvalue weighted by Gasteiger charge is -2.43. The van der Waals surface area contributed by atoms with Gasteiger partial charge in [-0.25, -0.2) is 0 Å². The summed E-state index contributed by atoms with van der Waals surface area (Å²) in [6.45, 7) is 0. The maximum Gasteiger partial charge on any atom is 0.125 e. The van der Waals surface area contributed by atoms with Crippen LogP contribution in [0.25, 0.3) is 0 Å². The van der Waals surface area contributed by atoms with Crippen LogP contribution in [0, 0.1) is 0 Å². The molecule has 1 fully saturated rings. The summed E-state index contributed by atoms with van der Waals surface area (Å²) in [5.41, 5.74) is 0.852. The van der Waals surface area contributed by atoms with Crippen molar-refractivity contribution in [3.63, 3.8) is 0 Å². The van der Waals surface area contributed by atoms with Crippen LogP contribution in [0.4, 0.5) is 0 Å². The Hall–Kier alpha value is -0.670. The molecule has 16 heavy (non-hydrogen) atoms. The van der Waals surface area contributed by atoms with Gasteiger partial charge in [-0.05, 0) is 30.4 Å². The highest BCUT2D eigenvalue weighted by molar-refractivity contribution is 7.99. The van der Waals surface area contributed by atoms with E-state index in [4.69, 9.17) is 4.74 Å². The molecule has 2 aliphatic heterocycles. The molecule has 1 aromatic rings. The number of rotatable bonds is 0. The fourth-order valence-corrected chi connectivity index (χ4v) is 3.87. The third-order valence-corrected chi connectivity index (χ3v) is 4.56. The Bertz CT molecular complexity index is 385. The number of hydrogen-bond acceptors (Lipinski definition) is 3. The van der Waals surface area contributed by atoms with Crippen LogP contribution in [0.3, 0.4) is 0 Å². The average molecular weight is 236 g/mol. The van der Waals surface area contributed by atoms with Crippen LogP contribution in [0.5, 0.6) is 5.75 Å². The first-order chi connectivity index (χ1) is 7.79. The third-order valence-electron chi connectivity index (χ3n) is 3.57. The molecule has 1 atom stereocenters. The first-order valence-corrected chi connectivity index (χ1v) is 6.98. The van der Waals surface area contributed by atoms with Crippen molar-refractivity contribution >= 4 is 11.8 Å². The predicted octanol–water partition coefficient (Wildman–Crippen LogP) is 2.77. The minimum atomic E-state index is -0.354. The summed E-state index contributed by atoms with van der Waals surface area (Å²) in [5.74, 6) is 3.18. The molecule has 3 heteroatoms. The number of ether oxygens (including phenoxy) is 1. The van der Waals surface area contributed by atoms with E-state index in [0.29, 0.717) is 0 Å². The molecule has 1 saturated heterocycles. The van der Waals surface area contributed by atoms with Gasteiger partial charge in [0.25, 0.3) is 0 Å². The molecule has 0 saturated carbocycles. The van der Waals surface area contributed by atoms with Gasteiger partial charge in [0.05, 0.1) is 6.10 Å². The quantitative estimate of drug-likeness (QED) is 0.751. The summed E-state index contributed by atoms with van der Waals surface area (Å²) < 4.78 is 6.16. The first-order valence-electron chi connectivity index (χ1n) is 5.83. The Kier molecular flexibility index (Phi) is 2.60. The summed E-state index contributed by atoms with van der Waals surface area (Å²) in [6, 6.07) is 7.87. The van der Waals surface area contributed by atoms with Crippen molar-refractivity contribution in [2.24, 2.45) is 0 Å². The van der Waals surface area contributed by atoms with Crippen LogP contribution >= 0.6 is 11.8 Å². The van der Waals surface area contributed by atoms with Crippen molar-refractivity contribution in [1.82, 2.24) is 0 Å². The second kappa shape index (κ2) is 3.97. The lowest BCUT2D eigenvalue weighted by Crippen LogP contribution is -2.44. The number of aliphatic hydroxyl groups excluding tert-OH is 1. The maximum atomic E-state index is 10.2. The van der Waals surface area contributed by atoms with Crippen LogP contribution in [-0.4, -0.2) is 22.2 Å². The lowest BCUT2D eigenvalue weighted by molar-refractivity contribution is -0.0197. The molecule has 1 aromatic carbocycles. The van der Waals surface area contributed by atoms with E-state index in [9.17, 15) is 5.11 Å². The molecule has 0 aromatic heterocycles. The monoisotopic (exact) mass is 236 g/mol. The molecule has 0 amide bonds. The molecule has 0 unspecified atom stereocenters. The molecule has 2 heterocycles. The lowest BCUT2D eigenvalue weighted by atomic mass is 9.84. The van der Waals surface area contributed by atoms with Crippen LogP contribution in [0.1, 0.15) is 30.9 Å². The smallest absolute Gasteiger partial charge is 0.125 e. The Morgan fingerprint density at radius 3 is 2.81 bits per heavy atom. The minimum Gasteiger partial charge on any atom is -0.487 e. The van der Waals surface area contributed by atoms with E-state index in [1.807, 2.05) is 36.0 Å². The van der Waals surface area contributed by atoms with Crippen LogP contribution in [0.2, 0.25) is 0 Å². The molecule has 2 aliphatic rings. The second-order valence-electron chi connectivity index (χ2n) is 4.66. The van der Waals surface area contributed by atoms with E-state index < -0.39 is 0 Å². The molecule has 1 N–H and O–H groups in total. The Balaban J connectivity index is 1.93. The molecule has 86 valence electrons. The van der Waals surface area contributed by atoms with Crippen molar-refractivity contribution in [1.29, 1.82) is 0 Å². The summed E-state index contributed by atoms with van der Waals surface area (Å²) in [5, 5.41) is 10.2. The highest BCUT2D eigenvalue weighted by Gasteiger charge is 2.41. The van der Waals surface area contributed by atoms with Gasteiger partial charge in [-0.3, -0.25) is 0 Å². The van der Waals surface area contributed by atoms with Gasteiger partial charge < -0.3 is 9.84 Å². The normalized spacial score (nSPS) is 27.2. The molecule has 0 bridgehead atoms. The van der Waals surface area contributed by atoms with E-state index in [2.05, 4.69) is 0 Å². The van der Waals surface area contributed by atoms with E-state index in [1.54, 1.807) is 0 Å².